The minimum atomic E-state index is -0.192. The van der Waals surface area contributed by atoms with Crippen LogP contribution in [0.5, 0.6) is 5.75 Å². The molecule has 0 heterocycles. The van der Waals surface area contributed by atoms with E-state index in [1.54, 1.807) is 0 Å². The monoisotopic (exact) mass is 306 g/mol. The van der Waals surface area contributed by atoms with E-state index < -0.39 is 0 Å². The van der Waals surface area contributed by atoms with Crippen molar-refractivity contribution in [1.82, 2.24) is 10.2 Å². The van der Waals surface area contributed by atoms with Crippen molar-refractivity contribution < 1.29 is 14.3 Å². The molecule has 0 aliphatic carbocycles. The SMILES string of the molecule is CCN(CC(=O)NC(C)C)C(=O)COc1cc(C)ccc1C. The zero-order valence-electron chi connectivity index (χ0n) is 14.1. The quantitative estimate of drug-likeness (QED) is 0.839. The van der Waals surface area contributed by atoms with Crippen LogP contribution in [0.3, 0.4) is 0 Å². The van der Waals surface area contributed by atoms with Crippen LogP contribution in [0.15, 0.2) is 18.2 Å². The second kappa shape index (κ2) is 8.41. The molecule has 0 saturated carbocycles. The Bertz CT molecular complexity index is 527. The Kier molecular flexibility index (Phi) is 6.89. The number of nitrogens with zero attached hydrogens (tertiary/aromatic N) is 1. The molecule has 5 nitrogen and oxygen atoms in total. The molecular formula is C17H26N2O3. The molecule has 1 aromatic carbocycles. The highest BCUT2D eigenvalue weighted by molar-refractivity contribution is 5.85. The van der Waals surface area contributed by atoms with Crippen LogP contribution >= 0.6 is 0 Å². The van der Waals surface area contributed by atoms with Crippen LogP contribution in [-0.2, 0) is 9.59 Å². The molecule has 22 heavy (non-hydrogen) atoms. The fourth-order valence-corrected chi connectivity index (χ4v) is 2.01. The lowest BCUT2D eigenvalue weighted by molar-refractivity contribution is -0.137. The van der Waals surface area contributed by atoms with Crippen molar-refractivity contribution in [2.75, 3.05) is 19.7 Å². The van der Waals surface area contributed by atoms with E-state index in [9.17, 15) is 9.59 Å². The number of rotatable bonds is 7. The Hall–Kier alpha value is -2.04. The van der Waals surface area contributed by atoms with Crippen LogP contribution in [-0.4, -0.2) is 42.5 Å². The van der Waals surface area contributed by atoms with Crippen LogP contribution in [0.4, 0.5) is 0 Å². The van der Waals surface area contributed by atoms with Crippen LogP contribution in [0.25, 0.3) is 0 Å². The molecule has 0 unspecified atom stereocenters. The average molecular weight is 306 g/mol. The summed E-state index contributed by atoms with van der Waals surface area (Å²) in [7, 11) is 0. The molecule has 5 heteroatoms. The standard InChI is InChI=1S/C17H26N2O3/c1-6-19(10-16(20)18-12(2)3)17(21)11-22-15-9-13(4)7-8-14(15)5/h7-9,12H,6,10-11H2,1-5H3,(H,18,20). The minimum absolute atomic E-state index is 0.0592. The molecule has 0 bridgehead atoms. The second-order valence-corrected chi connectivity index (χ2v) is 5.69. The highest BCUT2D eigenvalue weighted by Crippen LogP contribution is 2.19. The van der Waals surface area contributed by atoms with Crippen molar-refractivity contribution in [3.8, 4) is 5.75 Å². The van der Waals surface area contributed by atoms with Gasteiger partial charge < -0.3 is 15.0 Å². The van der Waals surface area contributed by atoms with Gasteiger partial charge in [0.2, 0.25) is 5.91 Å². The zero-order valence-corrected chi connectivity index (χ0v) is 14.1. The van der Waals surface area contributed by atoms with Gasteiger partial charge in [-0.2, -0.15) is 0 Å². The Morgan fingerprint density at radius 3 is 2.55 bits per heavy atom. The topological polar surface area (TPSA) is 58.6 Å². The average Bonchev–Trinajstić information content (AvgIpc) is 2.44. The molecule has 0 aliphatic rings. The van der Waals surface area contributed by atoms with Crippen LogP contribution in [0, 0.1) is 13.8 Å². The predicted molar refractivity (Wildman–Crippen MR) is 86.9 cm³/mol. The van der Waals surface area contributed by atoms with Gasteiger partial charge in [0.1, 0.15) is 5.75 Å². The van der Waals surface area contributed by atoms with Crippen LogP contribution < -0.4 is 10.1 Å². The van der Waals surface area contributed by atoms with Gasteiger partial charge in [-0.15, -0.1) is 0 Å². The summed E-state index contributed by atoms with van der Waals surface area (Å²) in [6, 6.07) is 5.93. The van der Waals surface area contributed by atoms with Crippen LogP contribution in [0.1, 0.15) is 31.9 Å². The molecule has 0 aromatic heterocycles. The Balaban J connectivity index is 2.58. The fourth-order valence-electron chi connectivity index (χ4n) is 2.01. The number of benzene rings is 1. The maximum absolute atomic E-state index is 12.2. The van der Waals surface area contributed by atoms with Gasteiger partial charge in [0.15, 0.2) is 6.61 Å². The molecule has 1 rings (SSSR count). The molecule has 2 amide bonds. The first-order valence-corrected chi connectivity index (χ1v) is 7.60. The normalized spacial score (nSPS) is 10.5. The molecule has 0 aliphatic heterocycles. The summed E-state index contributed by atoms with van der Waals surface area (Å²) in [6.07, 6.45) is 0. The molecule has 1 N–H and O–H groups in total. The number of carbonyl (C=O) groups excluding carboxylic acids is 2. The Morgan fingerprint density at radius 2 is 1.95 bits per heavy atom. The summed E-state index contributed by atoms with van der Waals surface area (Å²) >= 11 is 0. The first-order chi connectivity index (χ1) is 10.3. The summed E-state index contributed by atoms with van der Waals surface area (Å²) in [5.41, 5.74) is 2.07. The fraction of sp³-hybridized carbons (Fsp3) is 0.529. The van der Waals surface area contributed by atoms with Gasteiger partial charge in [-0.1, -0.05) is 12.1 Å². The molecule has 122 valence electrons. The highest BCUT2D eigenvalue weighted by Gasteiger charge is 2.16. The molecule has 0 saturated heterocycles. The third-order valence-electron chi connectivity index (χ3n) is 3.21. The van der Waals surface area contributed by atoms with E-state index in [2.05, 4.69) is 5.32 Å². The maximum atomic E-state index is 12.2. The van der Waals surface area contributed by atoms with Crippen molar-refractivity contribution in [2.45, 2.75) is 40.7 Å². The first kappa shape index (κ1) is 18.0. The van der Waals surface area contributed by atoms with E-state index in [1.165, 1.54) is 4.90 Å². The second-order valence-electron chi connectivity index (χ2n) is 5.69. The highest BCUT2D eigenvalue weighted by atomic mass is 16.5. The number of amides is 2. The number of likely N-dealkylation sites (N-methyl/N-ethyl adjacent to an activating group) is 1. The first-order valence-electron chi connectivity index (χ1n) is 7.60. The van der Waals surface area contributed by atoms with Gasteiger partial charge in [-0.05, 0) is 51.8 Å². The van der Waals surface area contributed by atoms with Crippen molar-refractivity contribution in [3.05, 3.63) is 29.3 Å². The van der Waals surface area contributed by atoms with E-state index in [1.807, 2.05) is 52.8 Å². The molecule has 0 fully saturated rings. The van der Waals surface area contributed by atoms with Crippen molar-refractivity contribution in [2.24, 2.45) is 0 Å². The van der Waals surface area contributed by atoms with Gasteiger partial charge in [0, 0.05) is 12.6 Å². The number of aryl methyl sites for hydroxylation is 2. The minimum Gasteiger partial charge on any atom is -0.483 e. The smallest absolute Gasteiger partial charge is 0.260 e. The van der Waals surface area contributed by atoms with Crippen molar-refractivity contribution >= 4 is 11.8 Å². The van der Waals surface area contributed by atoms with E-state index in [0.29, 0.717) is 12.3 Å². The lowest BCUT2D eigenvalue weighted by Crippen LogP contribution is -2.44. The number of ether oxygens (including phenoxy) is 1. The molecule has 1 aromatic rings. The number of hydrogen-bond acceptors (Lipinski definition) is 3. The van der Waals surface area contributed by atoms with Gasteiger partial charge in [0.05, 0.1) is 6.54 Å². The number of carbonyl (C=O) groups is 2. The van der Waals surface area contributed by atoms with Gasteiger partial charge in [-0.3, -0.25) is 9.59 Å². The summed E-state index contributed by atoms with van der Waals surface area (Å²) in [5, 5.41) is 2.78. The zero-order chi connectivity index (χ0) is 16.7. The molecular weight excluding hydrogens is 280 g/mol. The maximum Gasteiger partial charge on any atom is 0.260 e. The number of hydrogen-bond donors (Lipinski definition) is 1. The predicted octanol–water partition coefficient (Wildman–Crippen LogP) is 2.06. The van der Waals surface area contributed by atoms with Crippen molar-refractivity contribution in [1.29, 1.82) is 0 Å². The molecule has 0 radical (unpaired) electrons. The third kappa shape index (κ3) is 5.76. The summed E-state index contributed by atoms with van der Waals surface area (Å²) in [4.78, 5) is 25.4. The largest absolute Gasteiger partial charge is 0.483 e. The lowest BCUT2D eigenvalue weighted by atomic mass is 10.1. The summed E-state index contributed by atoms with van der Waals surface area (Å²) in [6.45, 7) is 10.0. The van der Waals surface area contributed by atoms with Crippen LogP contribution in [0.2, 0.25) is 0 Å². The molecule has 0 spiro atoms. The Labute approximate surface area is 132 Å². The summed E-state index contributed by atoms with van der Waals surface area (Å²) < 4.78 is 5.60. The molecule has 0 atom stereocenters. The summed E-state index contributed by atoms with van der Waals surface area (Å²) in [5.74, 6) is 0.357. The van der Waals surface area contributed by atoms with E-state index in [4.69, 9.17) is 4.74 Å². The van der Waals surface area contributed by atoms with E-state index in [0.717, 1.165) is 11.1 Å². The third-order valence-corrected chi connectivity index (χ3v) is 3.21. The van der Waals surface area contributed by atoms with Crippen molar-refractivity contribution in [3.63, 3.8) is 0 Å². The van der Waals surface area contributed by atoms with E-state index in [-0.39, 0.29) is 31.0 Å². The Morgan fingerprint density at radius 1 is 1.27 bits per heavy atom. The van der Waals surface area contributed by atoms with Gasteiger partial charge >= 0.3 is 0 Å². The van der Waals surface area contributed by atoms with E-state index >= 15 is 0 Å². The lowest BCUT2D eigenvalue weighted by Gasteiger charge is -2.21. The van der Waals surface area contributed by atoms with Gasteiger partial charge in [0.25, 0.3) is 5.91 Å². The van der Waals surface area contributed by atoms with Gasteiger partial charge in [-0.25, -0.2) is 0 Å². The number of nitrogens with one attached hydrogen (secondary N) is 1.